The van der Waals surface area contributed by atoms with Crippen LogP contribution in [0.4, 0.5) is 0 Å². The molecule has 4 heteroatoms. The van der Waals surface area contributed by atoms with E-state index in [1.165, 1.54) is 24.8 Å². The normalized spacial score (nSPS) is 16.5. The van der Waals surface area contributed by atoms with Crippen molar-refractivity contribution in [3.8, 4) is 0 Å². The number of nitrogens with one attached hydrogen (secondary N) is 1. The largest absolute Gasteiger partial charge is 0.303 e. The number of rotatable bonds is 5. The molecule has 1 aliphatic rings. The van der Waals surface area contributed by atoms with E-state index in [1.54, 1.807) is 0 Å². The van der Waals surface area contributed by atoms with Gasteiger partial charge in [-0.15, -0.1) is 0 Å². The van der Waals surface area contributed by atoms with Crippen LogP contribution < -0.4 is 5.32 Å². The first kappa shape index (κ1) is 14.5. The Bertz CT molecular complexity index is 588. The lowest BCUT2D eigenvalue weighted by atomic mass is 9.72. The van der Waals surface area contributed by atoms with Crippen LogP contribution in [0.25, 0.3) is 0 Å². The lowest BCUT2D eigenvalue weighted by Crippen LogP contribution is -2.47. The van der Waals surface area contributed by atoms with E-state index >= 15 is 0 Å². The van der Waals surface area contributed by atoms with Crippen molar-refractivity contribution < 1.29 is 0 Å². The fourth-order valence-corrected chi connectivity index (χ4v) is 2.92. The fraction of sp³-hybridized carbons (Fsp3) is 0.412. The SMILES string of the molecule is CCc1ncc(CNC2(c3ccc(Cl)cc3)CCC2)cn1. The highest BCUT2D eigenvalue weighted by Crippen LogP contribution is 2.41. The number of hydrogen-bond acceptors (Lipinski definition) is 3. The van der Waals surface area contributed by atoms with Crippen molar-refractivity contribution in [2.75, 3.05) is 0 Å². The molecule has 0 unspecified atom stereocenters. The molecule has 110 valence electrons. The van der Waals surface area contributed by atoms with Crippen molar-refractivity contribution in [3.05, 3.63) is 58.6 Å². The molecule has 1 heterocycles. The van der Waals surface area contributed by atoms with E-state index in [1.807, 2.05) is 24.5 Å². The van der Waals surface area contributed by atoms with Gasteiger partial charge in [-0.2, -0.15) is 0 Å². The summed E-state index contributed by atoms with van der Waals surface area (Å²) in [5.74, 6) is 0.898. The monoisotopic (exact) mass is 301 g/mol. The summed E-state index contributed by atoms with van der Waals surface area (Å²) in [6, 6.07) is 8.20. The molecular weight excluding hydrogens is 282 g/mol. The van der Waals surface area contributed by atoms with Crippen molar-refractivity contribution in [3.63, 3.8) is 0 Å². The first-order valence-electron chi connectivity index (χ1n) is 7.53. The van der Waals surface area contributed by atoms with Crippen LogP contribution in [-0.4, -0.2) is 9.97 Å². The summed E-state index contributed by atoms with van der Waals surface area (Å²) in [7, 11) is 0. The predicted molar refractivity (Wildman–Crippen MR) is 85.2 cm³/mol. The van der Waals surface area contributed by atoms with Crippen molar-refractivity contribution >= 4 is 11.6 Å². The molecule has 1 aromatic heterocycles. The zero-order valence-electron chi connectivity index (χ0n) is 12.3. The van der Waals surface area contributed by atoms with Gasteiger partial charge in [-0.05, 0) is 37.0 Å². The van der Waals surface area contributed by atoms with Crippen LogP contribution >= 0.6 is 11.6 Å². The van der Waals surface area contributed by atoms with Crippen LogP contribution in [-0.2, 0) is 18.5 Å². The maximum Gasteiger partial charge on any atom is 0.127 e. The molecule has 0 bridgehead atoms. The van der Waals surface area contributed by atoms with Gasteiger partial charge in [0, 0.05) is 41.5 Å². The molecule has 0 saturated heterocycles. The Hall–Kier alpha value is -1.45. The van der Waals surface area contributed by atoms with E-state index in [9.17, 15) is 0 Å². The van der Waals surface area contributed by atoms with Crippen LogP contribution in [0.15, 0.2) is 36.7 Å². The second-order valence-electron chi connectivity index (χ2n) is 5.66. The molecule has 0 atom stereocenters. The Morgan fingerprint density at radius 1 is 1.14 bits per heavy atom. The van der Waals surface area contributed by atoms with E-state index < -0.39 is 0 Å². The molecule has 1 saturated carbocycles. The minimum Gasteiger partial charge on any atom is -0.303 e. The maximum absolute atomic E-state index is 5.99. The van der Waals surface area contributed by atoms with Gasteiger partial charge in [0.15, 0.2) is 0 Å². The molecule has 1 aromatic carbocycles. The molecule has 21 heavy (non-hydrogen) atoms. The highest BCUT2D eigenvalue weighted by atomic mass is 35.5. The molecule has 0 aliphatic heterocycles. The Morgan fingerprint density at radius 2 is 1.81 bits per heavy atom. The molecule has 1 fully saturated rings. The zero-order chi connectivity index (χ0) is 14.7. The van der Waals surface area contributed by atoms with E-state index in [0.717, 1.165) is 29.4 Å². The van der Waals surface area contributed by atoms with Gasteiger partial charge in [0.25, 0.3) is 0 Å². The summed E-state index contributed by atoms with van der Waals surface area (Å²) in [5.41, 5.74) is 2.55. The van der Waals surface area contributed by atoms with E-state index in [4.69, 9.17) is 11.6 Å². The van der Waals surface area contributed by atoms with Gasteiger partial charge in [0.2, 0.25) is 0 Å². The fourth-order valence-electron chi connectivity index (χ4n) is 2.79. The Labute approximate surface area is 130 Å². The lowest BCUT2D eigenvalue weighted by molar-refractivity contribution is 0.183. The van der Waals surface area contributed by atoms with Crippen LogP contribution in [0.1, 0.15) is 43.1 Å². The topological polar surface area (TPSA) is 37.8 Å². The third kappa shape index (κ3) is 3.09. The summed E-state index contributed by atoms with van der Waals surface area (Å²) in [6.45, 7) is 2.86. The van der Waals surface area contributed by atoms with Crippen molar-refractivity contribution in [1.82, 2.24) is 15.3 Å². The van der Waals surface area contributed by atoms with Gasteiger partial charge in [-0.1, -0.05) is 30.7 Å². The highest BCUT2D eigenvalue weighted by Gasteiger charge is 2.37. The third-order valence-electron chi connectivity index (χ3n) is 4.31. The minimum atomic E-state index is 0.0913. The van der Waals surface area contributed by atoms with Crippen LogP contribution in [0.2, 0.25) is 5.02 Å². The number of benzene rings is 1. The quantitative estimate of drug-likeness (QED) is 0.911. The maximum atomic E-state index is 5.99. The summed E-state index contributed by atoms with van der Waals surface area (Å²) >= 11 is 5.99. The second-order valence-corrected chi connectivity index (χ2v) is 6.09. The van der Waals surface area contributed by atoms with Crippen LogP contribution in [0.3, 0.4) is 0 Å². The van der Waals surface area contributed by atoms with Gasteiger partial charge >= 0.3 is 0 Å². The molecule has 1 N–H and O–H groups in total. The van der Waals surface area contributed by atoms with Crippen LogP contribution in [0.5, 0.6) is 0 Å². The summed E-state index contributed by atoms with van der Waals surface area (Å²) in [5, 5.41) is 4.49. The van der Waals surface area contributed by atoms with Gasteiger partial charge < -0.3 is 5.32 Å². The first-order valence-corrected chi connectivity index (χ1v) is 7.90. The average Bonchev–Trinajstić information content (AvgIpc) is 2.48. The summed E-state index contributed by atoms with van der Waals surface area (Å²) in [4.78, 5) is 8.71. The molecule has 0 radical (unpaired) electrons. The third-order valence-corrected chi connectivity index (χ3v) is 4.56. The van der Waals surface area contributed by atoms with E-state index in [-0.39, 0.29) is 5.54 Å². The minimum absolute atomic E-state index is 0.0913. The molecule has 2 aromatic rings. The number of aromatic nitrogens is 2. The van der Waals surface area contributed by atoms with E-state index in [0.29, 0.717) is 0 Å². The molecule has 3 rings (SSSR count). The Balaban J connectivity index is 1.70. The molecule has 1 aliphatic carbocycles. The zero-order valence-corrected chi connectivity index (χ0v) is 13.0. The average molecular weight is 302 g/mol. The van der Waals surface area contributed by atoms with Crippen molar-refractivity contribution in [1.29, 1.82) is 0 Å². The molecule has 3 nitrogen and oxygen atoms in total. The van der Waals surface area contributed by atoms with Crippen molar-refractivity contribution in [2.45, 2.75) is 44.7 Å². The molecular formula is C17H20ClN3. The number of halogens is 1. The lowest BCUT2D eigenvalue weighted by Gasteiger charge is -2.43. The van der Waals surface area contributed by atoms with Crippen molar-refractivity contribution in [2.24, 2.45) is 0 Å². The summed E-state index contributed by atoms with van der Waals surface area (Å²) in [6.07, 6.45) is 8.33. The van der Waals surface area contributed by atoms with Gasteiger partial charge in [-0.3, -0.25) is 0 Å². The smallest absolute Gasteiger partial charge is 0.127 e. The van der Waals surface area contributed by atoms with Gasteiger partial charge in [0.1, 0.15) is 5.82 Å². The van der Waals surface area contributed by atoms with Gasteiger partial charge in [0.05, 0.1) is 0 Å². The second kappa shape index (κ2) is 6.12. The van der Waals surface area contributed by atoms with Gasteiger partial charge in [-0.25, -0.2) is 9.97 Å². The first-order chi connectivity index (χ1) is 10.2. The predicted octanol–water partition coefficient (Wildman–Crippen LogP) is 3.86. The Morgan fingerprint density at radius 3 is 2.33 bits per heavy atom. The number of aryl methyl sites for hydroxylation is 1. The standard InChI is InChI=1S/C17H20ClN3/c1-2-16-19-10-13(11-20-16)12-21-17(8-3-9-17)14-4-6-15(18)7-5-14/h4-7,10-11,21H,2-3,8-9,12H2,1H3. The van der Waals surface area contributed by atoms with E-state index in [2.05, 4.69) is 34.3 Å². The highest BCUT2D eigenvalue weighted by molar-refractivity contribution is 6.30. The molecule has 0 amide bonds. The molecule has 0 spiro atoms. The number of nitrogens with zero attached hydrogens (tertiary/aromatic N) is 2. The Kier molecular flexibility index (Phi) is 4.22. The summed E-state index contributed by atoms with van der Waals surface area (Å²) < 4.78 is 0. The van der Waals surface area contributed by atoms with Crippen LogP contribution in [0, 0.1) is 0 Å². The number of hydrogen-bond donors (Lipinski definition) is 1.